The average Bonchev–Trinajstić information content (AvgIpc) is 2.60. The third-order valence-corrected chi connectivity index (χ3v) is 6.22. The molecule has 0 radical (unpaired) electrons. The molecule has 0 aromatic heterocycles. The summed E-state index contributed by atoms with van der Waals surface area (Å²) < 4.78 is 0. The minimum atomic E-state index is 0.562. The molecule has 138 valence electrons. The van der Waals surface area contributed by atoms with Crippen molar-refractivity contribution >= 4 is 0 Å². The molecular weight excluding hydrogens is 314 g/mol. The summed E-state index contributed by atoms with van der Waals surface area (Å²) in [6, 6.07) is 16.2. The molecule has 3 rings (SSSR count). The van der Waals surface area contributed by atoms with Crippen molar-refractivity contribution in [1.82, 2.24) is 4.90 Å². The van der Waals surface area contributed by atoms with E-state index >= 15 is 0 Å². The average molecular weight is 348 g/mol. The van der Waals surface area contributed by atoms with Crippen LogP contribution in [0.1, 0.15) is 53.5 Å². The van der Waals surface area contributed by atoms with Gasteiger partial charge in [-0.05, 0) is 81.2 Å². The van der Waals surface area contributed by atoms with Gasteiger partial charge in [-0.25, -0.2) is 0 Å². The molecule has 0 spiro atoms. The van der Waals surface area contributed by atoms with E-state index in [4.69, 9.17) is 0 Å². The van der Waals surface area contributed by atoms with Crippen LogP contribution in [0.4, 0.5) is 0 Å². The Bertz CT molecular complexity index is 723. The van der Waals surface area contributed by atoms with E-state index in [0.717, 1.165) is 13.0 Å². The zero-order valence-electron chi connectivity index (χ0n) is 16.8. The maximum absolute atomic E-state index is 4.07. The zero-order valence-corrected chi connectivity index (χ0v) is 16.8. The highest BCUT2D eigenvalue weighted by atomic mass is 15.2. The number of allylic oxidation sites excluding steroid dienone is 1. The molecule has 0 bridgehead atoms. The zero-order chi connectivity index (χ0) is 18.7. The van der Waals surface area contributed by atoms with E-state index in [1.165, 1.54) is 35.2 Å². The van der Waals surface area contributed by atoms with Crippen molar-refractivity contribution in [2.75, 3.05) is 6.54 Å². The van der Waals surface area contributed by atoms with Gasteiger partial charge in [0.05, 0.1) is 0 Å². The number of rotatable bonds is 5. The Labute approximate surface area is 159 Å². The molecule has 1 aliphatic rings. The molecule has 3 atom stereocenters. The summed E-state index contributed by atoms with van der Waals surface area (Å²) in [4.78, 5) is 2.67. The highest BCUT2D eigenvalue weighted by Gasteiger charge is 2.36. The number of hydrogen-bond acceptors (Lipinski definition) is 1. The fourth-order valence-corrected chi connectivity index (χ4v) is 5.06. The second kappa shape index (κ2) is 8.22. The number of hydrogen-bond donors (Lipinski definition) is 0. The Hall–Kier alpha value is -1.86. The number of likely N-dealkylation sites (tertiary alicyclic amines) is 1. The second-order valence-corrected chi connectivity index (χ2v) is 8.09. The summed E-state index contributed by atoms with van der Waals surface area (Å²) in [5.41, 5.74) is 7.31. The quantitative estimate of drug-likeness (QED) is 0.584. The van der Waals surface area contributed by atoms with E-state index < -0.39 is 0 Å². The first-order valence-electron chi connectivity index (χ1n) is 9.98. The number of piperidine rings is 1. The lowest BCUT2D eigenvalue weighted by molar-refractivity contribution is 0.0809. The van der Waals surface area contributed by atoms with Gasteiger partial charge in [-0.15, -0.1) is 6.58 Å². The van der Waals surface area contributed by atoms with E-state index in [2.05, 4.69) is 87.7 Å². The first-order chi connectivity index (χ1) is 12.5. The highest BCUT2D eigenvalue weighted by Crippen LogP contribution is 2.42. The first kappa shape index (κ1) is 18.9. The van der Waals surface area contributed by atoms with Crippen LogP contribution in [0.25, 0.3) is 0 Å². The van der Waals surface area contributed by atoms with Crippen molar-refractivity contribution < 1.29 is 0 Å². The van der Waals surface area contributed by atoms with Crippen molar-refractivity contribution in [3.63, 3.8) is 0 Å². The molecule has 1 saturated heterocycles. The van der Waals surface area contributed by atoms with Crippen LogP contribution in [-0.2, 0) is 6.54 Å². The van der Waals surface area contributed by atoms with Crippen molar-refractivity contribution in [3.8, 4) is 0 Å². The van der Waals surface area contributed by atoms with Crippen LogP contribution in [0, 0.1) is 26.7 Å². The van der Waals surface area contributed by atoms with Crippen LogP contribution in [0.2, 0.25) is 0 Å². The van der Waals surface area contributed by atoms with Gasteiger partial charge < -0.3 is 0 Å². The van der Waals surface area contributed by atoms with Gasteiger partial charge in [-0.1, -0.05) is 54.1 Å². The van der Waals surface area contributed by atoms with E-state index in [0.29, 0.717) is 17.9 Å². The largest absolute Gasteiger partial charge is 0.296 e. The Kier molecular flexibility index (Phi) is 5.98. The monoisotopic (exact) mass is 347 g/mol. The molecule has 0 N–H and O–H groups in total. The summed E-state index contributed by atoms with van der Waals surface area (Å²) in [7, 11) is 0. The smallest absolute Gasteiger partial charge is 0.0236 e. The number of benzene rings is 2. The lowest BCUT2D eigenvalue weighted by atomic mass is 9.72. The molecule has 2 aromatic carbocycles. The van der Waals surface area contributed by atoms with Gasteiger partial charge in [0, 0.05) is 12.6 Å². The number of aryl methyl sites for hydroxylation is 3. The van der Waals surface area contributed by atoms with Crippen LogP contribution < -0.4 is 0 Å². The van der Waals surface area contributed by atoms with Gasteiger partial charge >= 0.3 is 0 Å². The molecular formula is C25H33N. The van der Waals surface area contributed by atoms with Gasteiger partial charge in [-0.2, -0.15) is 0 Å². The molecule has 1 heterocycles. The molecule has 0 aliphatic carbocycles. The fraction of sp³-hybridized carbons (Fsp3) is 0.440. The summed E-state index contributed by atoms with van der Waals surface area (Å²) in [5.74, 6) is 1.26. The minimum absolute atomic E-state index is 0.562. The Morgan fingerprint density at radius 1 is 1.08 bits per heavy atom. The summed E-state index contributed by atoms with van der Waals surface area (Å²) in [5, 5.41) is 0. The summed E-state index contributed by atoms with van der Waals surface area (Å²) in [6.07, 6.45) is 4.45. The molecule has 0 amide bonds. The van der Waals surface area contributed by atoms with Gasteiger partial charge in [0.25, 0.3) is 0 Å². The summed E-state index contributed by atoms with van der Waals surface area (Å²) >= 11 is 0. The van der Waals surface area contributed by atoms with Gasteiger partial charge in [0.1, 0.15) is 0 Å². The molecule has 1 heteroatoms. The third kappa shape index (κ3) is 3.94. The van der Waals surface area contributed by atoms with Crippen molar-refractivity contribution in [3.05, 3.63) is 82.9 Å². The van der Waals surface area contributed by atoms with E-state index in [1.54, 1.807) is 5.56 Å². The third-order valence-electron chi connectivity index (χ3n) is 6.22. The van der Waals surface area contributed by atoms with Gasteiger partial charge in [0.2, 0.25) is 0 Å². The van der Waals surface area contributed by atoms with Crippen molar-refractivity contribution in [2.24, 2.45) is 5.92 Å². The van der Waals surface area contributed by atoms with Crippen molar-refractivity contribution in [1.29, 1.82) is 0 Å². The lowest BCUT2D eigenvalue weighted by Gasteiger charge is -2.45. The van der Waals surface area contributed by atoms with E-state index in [1.807, 2.05) is 0 Å². The van der Waals surface area contributed by atoms with Crippen LogP contribution in [0.5, 0.6) is 0 Å². The van der Waals surface area contributed by atoms with Gasteiger partial charge in [0.15, 0.2) is 0 Å². The van der Waals surface area contributed by atoms with E-state index in [9.17, 15) is 0 Å². The molecule has 0 saturated carbocycles. The van der Waals surface area contributed by atoms with Crippen LogP contribution in [0.15, 0.2) is 55.1 Å². The fourth-order valence-electron chi connectivity index (χ4n) is 5.06. The standard InChI is InChI=1S/C25H33N/c1-6-10-23-21(5)26(17-22-11-8-7-9-12-22)14-13-24(23)25-19(3)15-18(2)16-20(25)4/h6-9,11-12,15-16,21,23-24H,1,10,13-14,17H2,2-5H3/t21-,23-,24-/m0/s1. The first-order valence-corrected chi connectivity index (χ1v) is 9.98. The predicted octanol–water partition coefficient (Wildman–Crippen LogP) is 6.18. The summed E-state index contributed by atoms with van der Waals surface area (Å²) in [6.45, 7) is 15.5. The predicted molar refractivity (Wildman–Crippen MR) is 113 cm³/mol. The maximum atomic E-state index is 4.07. The normalized spacial score (nSPS) is 23.8. The minimum Gasteiger partial charge on any atom is -0.296 e. The van der Waals surface area contributed by atoms with Gasteiger partial charge in [-0.3, -0.25) is 4.90 Å². The molecule has 0 unspecified atom stereocenters. The van der Waals surface area contributed by atoms with Crippen LogP contribution >= 0.6 is 0 Å². The highest BCUT2D eigenvalue weighted by molar-refractivity contribution is 5.41. The Morgan fingerprint density at radius 2 is 1.73 bits per heavy atom. The Balaban J connectivity index is 1.87. The Morgan fingerprint density at radius 3 is 2.35 bits per heavy atom. The second-order valence-electron chi connectivity index (χ2n) is 8.09. The molecule has 26 heavy (non-hydrogen) atoms. The maximum Gasteiger partial charge on any atom is 0.0236 e. The SMILES string of the molecule is C=CC[C@@H]1[C@@H](c2c(C)cc(C)cc2C)CCN(Cc2ccccc2)[C@H]1C. The topological polar surface area (TPSA) is 3.24 Å². The molecule has 2 aromatic rings. The van der Waals surface area contributed by atoms with Crippen LogP contribution in [-0.4, -0.2) is 17.5 Å². The molecule has 1 fully saturated rings. The van der Waals surface area contributed by atoms with E-state index in [-0.39, 0.29) is 0 Å². The van der Waals surface area contributed by atoms with Crippen LogP contribution in [0.3, 0.4) is 0 Å². The lowest BCUT2D eigenvalue weighted by Crippen LogP contribution is -2.46. The number of nitrogens with zero attached hydrogens (tertiary/aromatic N) is 1. The van der Waals surface area contributed by atoms with Crippen molar-refractivity contribution in [2.45, 2.75) is 59.0 Å². The molecule has 1 aliphatic heterocycles. The molecule has 1 nitrogen and oxygen atoms in total.